The maximum absolute atomic E-state index is 11.4. The third-order valence-corrected chi connectivity index (χ3v) is 4.81. The normalized spacial score (nSPS) is 18.3. The Morgan fingerprint density at radius 3 is 2.92 bits per heavy atom. The maximum Gasteiger partial charge on any atom is 0.224 e. The minimum Gasteiger partial charge on any atom is -0.492 e. The Morgan fingerprint density at radius 1 is 1.28 bits per heavy atom. The molecule has 2 aliphatic rings. The Morgan fingerprint density at radius 2 is 2.12 bits per heavy atom. The molecule has 1 saturated carbocycles. The molecule has 1 amide bonds. The molecule has 3 rings (SSSR count). The van der Waals surface area contributed by atoms with Crippen LogP contribution in [-0.2, 0) is 11.2 Å². The third kappa shape index (κ3) is 5.11. The number of rotatable bonds is 5. The molecule has 0 bridgehead atoms. The first kappa shape index (κ1) is 17.6. The van der Waals surface area contributed by atoms with Crippen LogP contribution in [0.2, 0.25) is 0 Å². The van der Waals surface area contributed by atoms with E-state index in [0.29, 0.717) is 25.6 Å². The van der Waals surface area contributed by atoms with Gasteiger partial charge in [-0.15, -0.1) is 0 Å². The summed E-state index contributed by atoms with van der Waals surface area (Å²) in [6.07, 6.45) is 7.72. The van der Waals surface area contributed by atoms with Gasteiger partial charge in [0.2, 0.25) is 5.91 Å². The van der Waals surface area contributed by atoms with E-state index in [4.69, 9.17) is 4.74 Å². The molecule has 0 spiro atoms. The highest BCUT2D eigenvalue weighted by Crippen LogP contribution is 2.26. The second kappa shape index (κ2) is 8.74. The lowest BCUT2D eigenvalue weighted by molar-refractivity contribution is -0.116. The molecule has 3 N–H and O–H groups in total. The van der Waals surface area contributed by atoms with Crippen LogP contribution in [-0.4, -0.2) is 38.1 Å². The van der Waals surface area contributed by atoms with E-state index in [9.17, 15) is 4.79 Å². The standard InChI is InChI=1S/C19H28N4O2/c1-20-19(22-15-5-3-2-4-6-15)21-11-12-25-16-8-9-17-14(13-16)7-10-18(24)23-17/h8-9,13,15H,2-7,10-12H2,1H3,(H,23,24)(H2,20,21,22). The fourth-order valence-corrected chi connectivity index (χ4v) is 3.42. The van der Waals surface area contributed by atoms with Crippen molar-refractivity contribution in [3.05, 3.63) is 23.8 Å². The lowest BCUT2D eigenvalue weighted by Gasteiger charge is -2.24. The quantitative estimate of drug-likeness (QED) is 0.436. The molecule has 1 fully saturated rings. The number of ether oxygens (including phenoxy) is 1. The van der Waals surface area contributed by atoms with E-state index in [0.717, 1.165) is 29.4 Å². The second-order valence-electron chi connectivity index (χ2n) is 6.69. The van der Waals surface area contributed by atoms with Gasteiger partial charge in [-0.05, 0) is 43.0 Å². The highest BCUT2D eigenvalue weighted by atomic mass is 16.5. The number of hydrogen-bond acceptors (Lipinski definition) is 3. The van der Waals surface area contributed by atoms with Crippen LogP contribution in [0, 0.1) is 0 Å². The van der Waals surface area contributed by atoms with Crippen LogP contribution < -0.4 is 20.7 Å². The molecule has 0 saturated heterocycles. The van der Waals surface area contributed by atoms with Gasteiger partial charge < -0.3 is 20.7 Å². The number of carbonyl (C=O) groups excluding carboxylic acids is 1. The smallest absolute Gasteiger partial charge is 0.224 e. The van der Waals surface area contributed by atoms with Crippen molar-refractivity contribution < 1.29 is 9.53 Å². The van der Waals surface area contributed by atoms with Gasteiger partial charge in [-0.25, -0.2) is 0 Å². The predicted octanol–water partition coefficient (Wildman–Crippen LogP) is 2.45. The molecule has 6 nitrogen and oxygen atoms in total. The summed E-state index contributed by atoms with van der Waals surface area (Å²) in [4.78, 5) is 15.7. The first-order chi connectivity index (χ1) is 12.2. The first-order valence-corrected chi connectivity index (χ1v) is 9.27. The number of benzene rings is 1. The van der Waals surface area contributed by atoms with Crippen LogP contribution in [0.5, 0.6) is 5.75 Å². The fourth-order valence-electron chi connectivity index (χ4n) is 3.42. The van der Waals surface area contributed by atoms with Crippen LogP contribution in [0.15, 0.2) is 23.2 Å². The highest BCUT2D eigenvalue weighted by Gasteiger charge is 2.15. The monoisotopic (exact) mass is 344 g/mol. The molecule has 6 heteroatoms. The van der Waals surface area contributed by atoms with Crippen molar-refractivity contribution in [3.63, 3.8) is 0 Å². The van der Waals surface area contributed by atoms with Gasteiger partial charge in [-0.3, -0.25) is 9.79 Å². The van der Waals surface area contributed by atoms with Crippen molar-refractivity contribution in [3.8, 4) is 5.75 Å². The second-order valence-corrected chi connectivity index (χ2v) is 6.69. The van der Waals surface area contributed by atoms with Crippen molar-refractivity contribution in [1.82, 2.24) is 10.6 Å². The van der Waals surface area contributed by atoms with Crippen LogP contribution in [0.1, 0.15) is 44.1 Å². The zero-order valence-corrected chi connectivity index (χ0v) is 14.9. The van der Waals surface area contributed by atoms with E-state index >= 15 is 0 Å². The van der Waals surface area contributed by atoms with E-state index in [2.05, 4.69) is 20.9 Å². The van der Waals surface area contributed by atoms with Crippen LogP contribution in [0.3, 0.4) is 0 Å². The lowest BCUT2D eigenvalue weighted by atomic mass is 9.96. The number of amides is 1. The molecule has 136 valence electrons. The minimum atomic E-state index is 0.0854. The molecular formula is C19H28N4O2. The zero-order valence-electron chi connectivity index (χ0n) is 14.9. The number of hydrogen-bond donors (Lipinski definition) is 3. The van der Waals surface area contributed by atoms with Gasteiger partial charge in [0.15, 0.2) is 5.96 Å². The number of nitrogens with zero attached hydrogens (tertiary/aromatic N) is 1. The Kier molecular flexibility index (Phi) is 6.14. The third-order valence-electron chi connectivity index (χ3n) is 4.81. The van der Waals surface area contributed by atoms with Gasteiger partial charge in [0.25, 0.3) is 0 Å². The molecule has 0 radical (unpaired) electrons. The lowest BCUT2D eigenvalue weighted by Crippen LogP contribution is -2.45. The van der Waals surface area contributed by atoms with E-state index in [1.165, 1.54) is 32.1 Å². The first-order valence-electron chi connectivity index (χ1n) is 9.27. The summed E-state index contributed by atoms with van der Waals surface area (Å²) in [6.45, 7) is 1.26. The summed E-state index contributed by atoms with van der Waals surface area (Å²) in [5.41, 5.74) is 2.04. The molecule has 0 aromatic heterocycles. The number of guanidine groups is 1. The van der Waals surface area contributed by atoms with Crippen LogP contribution in [0.25, 0.3) is 0 Å². The summed E-state index contributed by atoms with van der Waals surface area (Å²) < 4.78 is 5.83. The highest BCUT2D eigenvalue weighted by molar-refractivity contribution is 5.94. The fraction of sp³-hybridized carbons (Fsp3) is 0.579. The molecule has 1 aliphatic carbocycles. The van der Waals surface area contributed by atoms with Gasteiger partial charge in [-0.1, -0.05) is 19.3 Å². The summed E-state index contributed by atoms with van der Waals surface area (Å²) in [5, 5.41) is 9.69. The predicted molar refractivity (Wildman–Crippen MR) is 100 cm³/mol. The SMILES string of the molecule is CN=C(NCCOc1ccc2c(c1)CCC(=O)N2)NC1CCCCC1. The van der Waals surface area contributed by atoms with Gasteiger partial charge in [-0.2, -0.15) is 0 Å². The Bertz CT molecular complexity index is 624. The molecule has 1 heterocycles. The largest absolute Gasteiger partial charge is 0.492 e. The van der Waals surface area contributed by atoms with Crippen molar-refractivity contribution in [1.29, 1.82) is 0 Å². The van der Waals surface area contributed by atoms with E-state index in [1.54, 1.807) is 7.05 Å². The molecule has 1 aromatic carbocycles. The molecule has 0 unspecified atom stereocenters. The number of anilines is 1. The van der Waals surface area contributed by atoms with Crippen LogP contribution in [0.4, 0.5) is 5.69 Å². The Hall–Kier alpha value is -2.24. The molecular weight excluding hydrogens is 316 g/mol. The number of aryl methyl sites for hydroxylation is 1. The summed E-state index contributed by atoms with van der Waals surface area (Å²) in [5.74, 6) is 1.78. The number of aliphatic imine (C=N–C) groups is 1. The van der Waals surface area contributed by atoms with Crippen LogP contribution >= 0.6 is 0 Å². The van der Waals surface area contributed by atoms with Crippen molar-refractivity contribution in [2.24, 2.45) is 4.99 Å². The molecule has 0 atom stereocenters. The van der Waals surface area contributed by atoms with Gasteiger partial charge in [0.1, 0.15) is 12.4 Å². The minimum absolute atomic E-state index is 0.0854. The van der Waals surface area contributed by atoms with Crippen molar-refractivity contribution in [2.45, 2.75) is 51.0 Å². The summed E-state index contributed by atoms with van der Waals surface area (Å²) >= 11 is 0. The van der Waals surface area contributed by atoms with E-state index < -0.39 is 0 Å². The Labute approximate surface area is 149 Å². The van der Waals surface area contributed by atoms with Gasteiger partial charge in [0.05, 0.1) is 6.54 Å². The Balaban J connectivity index is 1.41. The van der Waals surface area contributed by atoms with Crippen molar-refractivity contribution in [2.75, 3.05) is 25.5 Å². The van der Waals surface area contributed by atoms with E-state index in [1.807, 2.05) is 18.2 Å². The molecule has 1 aliphatic heterocycles. The summed E-state index contributed by atoms with van der Waals surface area (Å²) in [7, 11) is 1.80. The average molecular weight is 344 g/mol. The summed E-state index contributed by atoms with van der Waals surface area (Å²) in [6, 6.07) is 6.37. The maximum atomic E-state index is 11.4. The number of fused-ring (bicyclic) bond motifs is 1. The topological polar surface area (TPSA) is 74.8 Å². The molecule has 25 heavy (non-hydrogen) atoms. The van der Waals surface area contributed by atoms with E-state index in [-0.39, 0.29) is 5.91 Å². The zero-order chi connectivity index (χ0) is 17.5. The number of nitrogens with one attached hydrogen (secondary N) is 3. The van der Waals surface area contributed by atoms with Crippen molar-refractivity contribution >= 4 is 17.6 Å². The van der Waals surface area contributed by atoms with Gasteiger partial charge in [0, 0.05) is 25.2 Å². The molecule has 1 aromatic rings. The average Bonchev–Trinajstić information content (AvgIpc) is 2.65. The number of carbonyl (C=O) groups is 1. The van der Waals surface area contributed by atoms with Gasteiger partial charge >= 0.3 is 0 Å².